The Morgan fingerprint density at radius 1 is 1.39 bits per heavy atom. The number of carbonyl (C=O) groups excluding carboxylic acids is 2. The van der Waals surface area contributed by atoms with Crippen LogP contribution in [0.5, 0.6) is 0 Å². The summed E-state index contributed by atoms with van der Waals surface area (Å²) >= 11 is 0. The van der Waals surface area contributed by atoms with Crippen molar-refractivity contribution in [3.63, 3.8) is 0 Å². The number of carboxylic acid groups (broad SMARTS) is 1. The van der Waals surface area contributed by atoms with Crippen molar-refractivity contribution in [2.75, 3.05) is 6.61 Å². The van der Waals surface area contributed by atoms with E-state index < -0.39 is 36.1 Å². The Hall–Kier alpha value is -1.63. The molecule has 0 aromatic heterocycles. The Balaban J connectivity index is 2.42. The van der Waals surface area contributed by atoms with Crippen LogP contribution in [0.25, 0.3) is 0 Å². The zero-order valence-corrected chi connectivity index (χ0v) is 10.3. The summed E-state index contributed by atoms with van der Waals surface area (Å²) in [6.07, 6.45) is -1.14. The van der Waals surface area contributed by atoms with Gasteiger partial charge in [-0.2, -0.15) is 0 Å². The molecule has 1 saturated heterocycles. The molecule has 7 nitrogen and oxygen atoms in total. The predicted molar refractivity (Wildman–Crippen MR) is 59.8 cm³/mol. The van der Waals surface area contributed by atoms with Crippen LogP contribution in [-0.2, 0) is 23.9 Å². The van der Waals surface area contributed by atoms with Crippen molar-refractivity contribution in [3.05, 3.63) is 0 Å². The number of hydrogen-bond donors (Lipinski definition) is 2. The van der Waals surface area contributed by atoms with Gasteiger partial charge in [-0.1, -0.05) is 0 Å². The molecule has 1 rings (SSSR count). The van der Waals surface area contributed by atoms with E-state index in [1.807, 2.05) is 0 Å². The smallest absolute Gasteiger partial charge is 0.332 e. The van der Waals surface area contributed by atoms with Crippen LogP contribution in [-0.4, -0.2) is 47.8 Å². The third-order valence-electron chi connectivity index (χ3n) is 2.59. The highest BCUT2D eigenvalue weighted by atomic mass is 16.5. The molecule has 0 bridgehead atoms. The van der Waals surface area contributed by atoms with Crippen LogP contribution >= 0.6 is 0 Å². The van der Waals surface area contributed by atoms with Gasteiger partial charge in [-0.25, -0.2) is 9.59 Å². The first-order valence-electron chi connectivity index (χ1n) is 5.81. The number of nitrogens with one attached hydrogen (secondary N) is 1. The molecular weight excluding hydrogens is 242 g/mol. The fraction of sp³-hybridized carbons (Fsp3) is 0.727. The number of amides is 1. The van der Waals surface area contributed by atoms with E-state index in [1.165, 1.54) is 6.92 Å². The van der Waals surface area contributed by atoms with E-state index in [-0.39, 0.29) is 6.61 Å². The second-order valence-corrected chi connectivity index (χ2v) is 4.01. The Morgan fingerprint density at radius 2 is 2.00 bits per heavy atom. The summed E-state index contributed by atoms with van der Waals surface area (Å²) < 4.78 is 9.80. The first kappa shape index (κ1) is 14.4. The molecule has 1 unspecified atom stereocenters. The topological polar surface area (TPSA) is 102 Å². The van der Waals surface area contributed by atoms with Gasteiger partial charge in [-0.3, -0.25) is 4.79 Å². The van der Waals surface area contributed by atoms with Crippen molar-refractivity contribution in [3.8, 4) is 0 Å². The molecule has 18 heavy (non-hydrogen) atoms. The third-order valence-corrected chi connectivity index (χ3v) is 2.59. The molecule has 1 heterocycles. The zero-order chi connectivity index (χ0) is 13.7. The van der Waals surface area contributed by atoms with Crippen molar-refractivity contribution in [2.24, 2.45) is 0 Å². The number of carboxylic acids is 1. The highest BCUT2D eigenvalue weighted by Crippen LogP contribution is 2.20. The van der Waals surface area contributed by atoms with Crippen molar-refractivity contribution < 1.29 is 29.0 Å². The molecule has 0 saturated carbocycles. The van der Waals surface area contributed by atoms with Crippen LogP contribution in [0.1, 0.15) is 26.7 Å². The van der Waals surface area contributed by atoms with E-state index in [2.05, 4.69) is 5.32 Å². The quantitative estimate of drug-likeness (QED) is 0.656. The highest BCUT2D eigenvalue weighted by molar-refractivity contribution is 5.87. The van der Waals surface area contributed by atoms with Crippen LogP contribution in [0.3, 0.4) is 0 Å². The first-order chi connectivity index (χ1) is 8.45. The summed E-state index contributed by atoms with van der Waals surface area (Å²) in [5.74, 6) is -2.10. The fourth-order valence-corrected chi connectivity index (χ4v) is 1.64. The fourth-order valence-electron chi connectivity index (χ4n) is 1.64. The summed E-state index contributed by atoms with van der Waals surface area (Å²) in [6.45, 7) is 3.41. The Bertz CT molecular complexity index is 342. The van der Waals surface area contributed by atoms with Gasteiger partial charge in [-0.15, -0.1) is 0 Å². The van der Waals surface area contributed by atoms with Gasteiger partial charge in [0.05, 0.1) is 6.61 Å². The van der Waals surface area contributed by atoms with E-state index in [4.69, 9.17) is 14.6 Å². The van der Waals surface area contributed by atoms with Gasteiger partial charge in [0.15, 0.2) is 6.10 Å². The van der Waals surface area contributed by atoms with Gasteiger partial charge in [0.1, 0.15) is 12.1 Å². The van der Waals surface area contributed by atoms with Crippen LogP contribution < -0.4 is 5.32 Å². The van der Waals surface area contributed by atoms with Crippen LogP contribution in [0, 0.1) is 0 Å². The van der Waals surface area contributed by atoms with Crippen LogP contribution in [0.4, 0.5) is 0 Å². The summed E-state index contributed by atoms with van der Waals surface area (Å²) in [4.78, 5) is 33.6. The molecule has 102 valence electrons. The molecule has 2 N–H and O–H groups in total. The first-order valence-corrected chi connectivity index (χ1v) is 5.81. The maximum absolute atomic E-state index is 11.7. The predicted octanol–water partition coefficient (Wildman–Crippen LogP) is -0.314. The SMILES string of the molecule is CCOC(=O)C(C)NC(=O)[C@@H]1CC[C@H](C(=O)O)O1. The number of aliphatic carboxylic acids is 1. The molecule has 1 fully saturated rings. The summed E-state index contributed by atoms with van der Waals surface area (Å²) in [5.41, 5.74) is 0. The third kappa shape index (κ3) is 3.69. The van der Waals surface area contributed by atoms with E-state index in [0.717, 1.165) is 0 Å². The number of esters is 1. The molecule has 0 spiro atoms. The second kappa shape index (κ2) is 6.34. The van der Waals surface area contributed by atoms with Crippen LogP contribution in [0.2, 0.25) is 0 Å². The molecule has 3 atom stereocenters. The van der Waals surface area contributed by atoms with Gasteiger partial charge in [0.25, 0.3) is 0 Å². The Morgan fingerprint density at radius 3 is 2.50 bits per heavy atom. The molecule has 0 aromatic rings. The van der Waals surface area contributed by atoms with Crippen molar-refractivity contribution in [1.82, 2.24) is 5.32 Å². The minimum Gasteiger partial charge on any atom is -0.479 e. The van der Waals surface area contributed by atoms with Crippen molar-refractivity contribution in [1.29, 1.82) is 0 Å². The number of ether oxygens (including phenoxy) is 2. The van der Waals surface area contributed by atoms with E-state index >= 15 is 0 Å². The highest BCUT2D eigenvalue weighted by Gasteiger charge is 2.35. The second-order valence-electron chi connectivity index (χ2n) is 4.01. The Labute approximate surface area is 104 Å². The molecule has 0 radical (unpaired) electrons. The van der Waals surface area contributed by atoms with E-state index in [9.17, 15) is 14.4 Å². The summed E-state index contributed by atoms with van der Waals surface area (Å²) in [7, 11) is 0. The van der Waals surface area contributed by atoms with Crippen molar-refractivity contribution >= 4 is 17.8 Å². The van der Waals surface area contributed by atoms with Crippen molar-refractivity contribution in [2.45, 2.75) is 44.9 Å². The average molecular weight is 259 g/mol. The molecular formula is C11H17NO6. The zero-order valence-electron chi connectivity index (χ0n) is 10.3. The maximum atomic E-state index is 11.7. The normalized spacial score (nSPS) is 24.3. The Kier molecular flexibility index (Phi) is 5.08. The molecule has 7 heteroatoms. The van der Waals surface area contributed by atoms with E-state index in [1.54, 1.807) is 6.92 Å². The molecule has 1 aliphatic heterocycles. The van der Waals surface area contributed by atoms with Gasteiger partial charge >= 0.3 is 11.9 Å². The number of rotatable bonds is 5. The lowest BCUT2D eigenvalue weighted by Gasteiger charge is -2.16. The minimum absolute atomic E-state index is 0.236. The molecule has 0 aliphatic carbocycles. The van der Waals surface area contributed by atoms with Gasteiger partial charge < -0.3 is 19.9 Å². The molecule has 1 aliphatic rings. The van der Waals surface area contributed by atoms with Gasteiger partial charge in [0, 0.05) is 0 Å². The average Bonchev–Trinajstić information content (AvgIpc) is 2.78. The summed E-state index contributed by atoms with van der Waals surface area (Å²) in [6, 6.07) is -0.773. The minimum atomic E-state index is -1.08. The lowest BCUT2D eigenvalue weighted by atomic mass is 10.2. The maximum Gasteiger partial charge on any atom is 0.332 e. The van der Waals surface area contributed by atoms with Gasteiger partial charge in [0.2, 0.25) is 5.91 Å². The standard InChI is InChI=1S/C11H17NO6/c1-3-17-11(16)6(2)12-9(13)7-4-5-8(18-7)10(14)15/h6-8H,3-5H2,1-2H3,(H,12,13)(H,14,15)/t6?,7-,8+/m0/s1. The van der Waals surface area contributed by atoms with Gasteiger partial charge in [-0.05, 0) is 26.7 Å². The van der Waals surface area contributed by atoms with E-state index in [0.29, 0.717) is 12.8 Å². The summed E-state index contributed by atoms with van der Waals surface area (Å²) in [5, 5.41) is 11.2. The van der Waals surface area contributed by atoms with Crippen LogP contribution in [0.15, 0.2) is 0 Å². The number of hydrogen-bond acceptors (Lipinski definition) is 5. The largest absolute Gasteiger partial charge is 0.479 e. The number of carbonyl (C=O) groups is 3. The molecule has 0 aromatic carbocycles. The molecule has 1 amide bonds. The monoisotopic (exact) mass is 259 g/mol. The lowest BCUT2D eigenvalue weighted by Crippen LogP contribution is -2.44. The lowest BCUT2D eigenvalue weighted by molar-refractivity contribution is -0.154.